The predicted octanol–water partition coefficient (Wildman–Crippen LogP) is 7.08. The summed E-state index contributed by atoms with van der Waals surface area (Å²) in [7, 11) is -1.86. The number of hydrogen-bond donors (Lipinski definition) is 0. The zero-order valence-electron chi connectivity index (χ0n) is 18.6. The first-order valence-electron chi connectivity index (χ1n) is 11.9. The van der Waals surface area contributed by atoms with Crippen LogP contribution in [0.5, 0.6) is 0 Å². The minimum Gasteiger partial charge on any atom is -0.242 e. The maximum atomic E-state index is 5.28. The fourth-order valence-electron chi connectivity index (χ4n) is 5.13. The fourth-order valence-corrected chi connectivity index (χ4v) is 10.6. The normalized spacial score (nSPS) is 15.4. The first kappa shape index (κ1) is 21.6. The van der Waals surface area contributed by atoms with Crippen LogP contribution in [0.2, 0.25) is 0 Å². The molecule has 0 bridgehead atoms. The van der Waals surface area contributed by atoms with Crippen LogP contribution in [0.15, 0.2) is 96.4 Å². The van der Waals surface area contributed by atoms with E-state index in [-0.39, 0.29) is 0 Å². The third-order valence-corrected chi connectivity index (χ3v) is 12.2. The van der Waals surface area contributed by atoms with Gasteiger partial charge in [0.1, 0.15) is 34.3 Å². The van der Waals surface area contributed by atoms with Gasteiger partial charge in [0, 0.05) is 11.3 Å². The van der Waals surface area contributed by atoms with Crippen molar-refractivity contribution in [2.24, 2.45) is 0 Å². The Morgan fingerprint density at radius 1 is 0.656 bits per heavy atom. The Hall–Kier alpha value is -2.28. The van der Waals surface area contributed by atoms with E-state index in [1.54, 1.807) is 0 Å². The van der Waals surface area contributed by atoms with Gasteiger partial charge >= 0.3 is 0 Å². The summed E-state index contributed by atoms with van der Waals surface area (Å²) in [5.74, 6) is 0.653. The maximum absolute atomic E-state index is 5.28. The lowest BCUT2D eigenvalue weighted by Gasteiger charge is -2.27. The van der Waals surface area contributed by atoms with Crippen molar-refractivity contribution < 1.29 is 0 Å². The Labute approximate surface area is 196 Å². The van der Waals surface area contributed by atoms with E-state index >= 15 is 0 Å². The first-order chi connectivity index (χ1) is 15.9. The molecule has 3 heteroatoms. The quantitative estimate of drug-likeness (QED) is 0.223. The number of hydrogen-bond acceptors (Lipinski definition) is 2. The molecule has 4 aromatic rings. The Balaban J connectivity index is 1.61. The summed E-state index contributed by atoms with van der Waals surface area (Å²) < 4.78 is 0. The van der Waals surface area contributed by atoms with Gasteiger partial charge in [-0.05, 0) is 49.2 Å². The molecule has 0 N–H and O–H groups in total. The highest BCUT2D eigenvalue weighted by Crippen LogP contribution is 2.58. The van der Waals surface area contributed by atoms with Gasteiger partial charge in [0.05, 0.1) is 5.69 Å². The molecule has 0 radical (unpaired) electrons. The highest BCUT2D eigenvalue weighted by molar-refractivity contribution is 7.95. The number of rotatable bonds is 6. The Bertz CT molecular complexity index is 1000. The van der Waals surface area contributed by atoms with Gasteiger partial charge in [-0.25, -0.2) is 4.98 Å². The summed E-state index contributed by atoms with van der Waals surface area (Å²) in [6, 6.07) is 33.5. The molecular weight excluding hydrogens is 425 g/mol. The second-order valence-electron chi connectivity index (χ2n) is 8.83. The number of nitrogens with zero attached hydrogens (tertiary/aromatic N) is 1. The Morgan fingerprint density at radius 2 is 1.12 bits per heavy atom. The van der Waals surface area contributed by atoms with Crippen LogP contribution in [-0.4, -0.2) is 4.98 Å². The van der Waals surface area contributed by atoms with E-state index in [0.717, 1.165) is 6.16 Å². The summed E-state index contributed by atoms with van der Waals surface area (Å²) in [6.45, 7) is 0. The molecule has 0 atom stereocenters. The molecule has 1 aromatic heterocycles. The largest absolute Gasteiger partial charge is 0.242 e. The zero-order chi connectivity index (χ0) is 21.6. The highest BCUT2D eigenvalue weighted by Gasteiger charge is 2.46. The van der Waals surface area contributed by atoms with Crippen molar-refractivity contribution in [2.45, 2.75) is 50.6 Å². The summed E-state index contributed by atoms with van der Waals surface area (Å²) in [6.07, 6.45) is 9.08. The lowest BCUT2D eigenvalue weighted by molar-refractivity contribution is 0.580. The minimum absolute atomic E-state index is 0.653. The van der Waals surface area contributed by atoms with Crippen molar-refractivity contribution in [1.82, 2.24) is 4.98 Å². The second-order valence-corrected chi connectivity index (χ2v) is 13.3. The van der Waals surface area contributed by atoms with Gasteiger partial charge in [-0.15, -0.1) is 11.3 Å². The molecule has 1 nitrogen and oxygen atoms in total. The topological polar surface area (TPSA) is 12.9 Å². The van der Waals surface area contributed by atoms with Gasteiger partial charge in [0.25, 0.3) is 0 Å². The van der Waals surface area contributed by atoms with Crippen LogP contribution in [0.25, 0.3) is 0 Å². The van der Waals surface area contributed by atoms with Crippen molar-refractivity contribution in [2.75, 3.05) is 0 Å². The van der Waals surface area contributed by atoms with Crippen LogP contribution in [0, 0.1) is 0 Å². The molecule has 3 aromatic carbocycles. The van der Waals surface area contributed by atoms with E-state index in [1.807, 2.05) is 11.3 Å². The standard InChI is InChI=1S/C29H31NPS/c1-2-7-15-24(14-6-1)28-23-32-29(30-28)22-31(25-16-8-3-9-17-25,26-18-10-4-11-19-26)27-20-12-5-13-21-27/h3-5,8-13,16-21,23-24H,1-2,6-7,14-15,22H2/q+1. The molecule has 1 fully saturated rings. The van der Waals surface area contributed by atoms with Crippen molar-refractivity contribution in [3.05, 3.63) is 107 Å². The number of thiazole rings is 1. The minimum atomic E-state index is -1.86. The van der Waals surface area contributed by atoms with E-state index in [9.17, 15) is 0 Å². The third kappa shape index (κ3) is 4.45. The summed E-state index contributed by atoms with van der Waals surface area (Å²) in [4.78, 5) is 5.28. The van der Waals surface area contributed by atoms with Crippen LogP contribution in [-0.2, 0) is 6.16 Å². The van der Waals surface area contributed by atoms with Crippen molar-refractivity contribution in [1.29, 1.82) is 0 Å². The molecule has 5 rings (SSSR count). The average molecular weight is 457 g/mol. The second kappa shape index (κ2) is 10.1. The molecule has 0 aliphatic heterocycles. The van der Waals surface area contributed by atoms with E-state index in [0.29, 0.717) is 5.92 Å². The summed E-state index contributed by atoms with van der Waals surface area (Å²) >= 11 is 1.88. The molecule has 0 amide bonds. The van der Waals surface area contributed by atoms with Crippen LogP contribution in [0.1, 0.15) is 55.1 Å². The van der Waals surface area contributed by atoms with Gasteiger partial charge in [0.15, 0.2) is 0 Å². The molecule has 1 heterocycles. The van der Waals surface area contributed by atoms with Crippen molar-refractivity contribution in [3.8, 4) is 0 Å². The smallest absolute Gasteiger partial charge is 0.131 e. The summed E-state index contributed by atoms with van der Waals surface area (Å²) in [5, 5.41) is 7.95. The molecule has 0 unspecified atom stereocenters. The lowest BCUT2D eigenvalue weighted by atomic mass is 9.98. The SMILES string of the molecule is c1ccc([P+](Cc2nc(C3CCCCCC3)cs2)(c2ccccc2)c2ccccc2)cc1. The Morgan fingerprint density at radius 3 is 1.59 bits per heavy atom. The van der Waals surface area contributed by atoms with E-state index in [4.69, 9.17) is 4.98 Å². The van der Waals surface area contributed by atoms with E-state index < -0.39 is 7.26 Å². The maximum Gasteiger partial charge on any atom is 0.131 e. The van der Waals surface area contributed by atoms with Crippen LogP contribution in [0.3, 0.4) is 0 Å². The van der Waals surface area contributed by atoms with Gasteiger partial charge < -0.3 is 0 Å². The predicted molar refractivity (Wildman–Crippen MR) is 141 cm³/mol. The fraction of sp³-hybridized carbons (Fsp3) is 0.276. The molecular formula is C29H31NPS+. The van der Waals surface area contributed by atoms with Gasteiger partial charge in [-0.1, -0.05) is 80.3 Å². The monoisotopic (exact) mass is 456 g/mol. The van der Waals surface area contributed by atoms with Crippen molar-refractivity contribution in [3.63, 3.8) is 0 Å². The van der Waals surface area contributed by atoms with Gasteiger partial charge in [0.2, 0.25) is 0 Å². The van der Waals surface area contributed by atoms with E-state index in [1.165, 1.54) is 65.1 Å². The van der Waals surface area contributed by atoms with Gasteiger partial charge in [-0.2, -0.15) is 0 Å². The molecule has 32 heavy (non-hydrogen) atoms. The van der Waals surface area contributed by atoms with Crippen LogP contribution >= 0.6 is 18.6 Å². The molecule has 1 aliphatic rings. The zero-order valence-corrected chi connectivity index (χ0v) is 20.3. The van der Waals surface area contributed by atoms with Crippen LogP contribution < -0.4 is 15.9 Å². The van der Waals surface area contributed by atoms with Gasteiger partial charge in [-0.3, -0.25) is 0 Å². The first-order valence-corrected chi connectivity index (χ1v) is 14.7. The molecule has 1 saturated carbocycles. The Kier molecular flexibility index (Phi) is 6.81. The molecule has 0 saturated heterocycles. The lowest BCUT2D eigenvalue weighted by Crippen LogP contribution is -2.32. The van der Waals surface area contributed by atoms with Crippen LogP contribution in [0.4, 0.5) is 0 Å². The molecule has 0 spiro atoms. The number of aromatic nitrogens is 1. The van der Waals surface area contributed by atoms with E-state index in [2.05, 4.69) is 96.4 Å². The summed E-state index contributed by atoms with van der Waals surface area (Å²) in [5.41, 5.74) is 1.35. The third-order valence-electron chi connectivity index (χ3n) is 6.81. The highest BCUT2D eigenvalue weighted by atomic mass is 32.1. The molecule has 162 valence electrons. The van der Waals surface area contributed by atoms with Crippen molar-refractivity contribution >= 4 is 34.5 Å². The average Bonchev–Trinajstić information content (AvgIpc) is 3.16. The molecule has 1 aliphatic carbocycles. The number of benzene rings is 3.